The highest BCUT2D eigenvalue weighted by Gasteiger charge is 2.31. The summed E-state index contributed by atoms with van der Waals surface area (Å²) >= 11 is 0. The molecule has 2 rings (SSSR count). The van der Waals surface area contributed by atoms with Crippen molar-refractivity contribution >= 4 is 22.4 Å². The van der Waals surface area contributed by atoms with Crippen LogP contribution in [0.4, 0.5) is 0 Å². The van der Waals surface area contributed by atoms with Gasteiger partial charge in [0.15, 0.2) is 0 Å². The van der Waals surface area contributed by atoms with E-state index in [4.69, 9.17) is 15.2 Å². The Labute approximate surface area is 150 Å². The van der Waals surface area contributed by atoms with Crippen molar-refractivity contribution in [3.8, 4) is 5.75 Å². The summed E-state index contributed by atoms with van der Waals surface area (Å²) in [6.07, 6.45) is 1.83. The maximum Gasteiger partial charge on any atom is 0.243 e. The van der Waals surface area contributed by atoms with E-state index in [2.05, 4.69) is 0 Å². The molecule has 1 heterocycles. The molecule has 1 aromatic rings. The summed E-state index contributed by atoms with van der Waals surface area (Å²) in [4.78, 5) is 0.293. The van der Waals surface area contributed by atoms with E-state index in [9.17, 15) is 8.42 Å². The molecule has 2 atom stereocenters. The molecule has 0 aromatic heterocycles. The molecule has 1 aliphatic rings. The lowest BCUT2D eigenvalue weighted by atomic mass is 9.93. The molecule has 24 heavy (non-hydrogen) atoms. The number of rotatable bonds is 7. The topological polar surface area (TPSA) is 81.9 Å². The number of ether oxygens (including phenoxy) is 2. The third kappa shape index (κ3) is 5.32. The molecule has 1 fully saturated rings. The Bertz CT molecular complexity index is 593. The molecule has 1 aromatic carbocycles. The van der Waals surface area contributed by atoms with Gasteiger partial charge in [-0.05, 0) is 49.9 Å². The van der Waals surface area contributed by atoms with Crippen LogP contribution >= 0.6 is 12.4 Å². The highest BCUT2D eigenvalue weighted by atomic mass is 35.5. The molecule has 2 N–H and O–H groups in total. The van der Waals surface area contributed by atoms with Crippen LogP contribution in [0.3, 0.4) is 0 Å². The van der Waals surface area contributed by atoms with Gasteiger partial charge < -0.3 is 15.2 Å². The standard InChI is InChI=1S/C16H26N2O4S.ClH/c1-13(17)14-4-3-9-18(12-14)23(19,20)16-7-5-15(6-8-16)22-11-10-21-2;/h5-8,13-14H,3-4,9-12,17H2,1-2H3;1H. The van der Waals surface area contributed by atoms with Crippen molar-refractivity contribution in [2.24, 2.45) is 11.7 Å². The minimum Gasteiger partial charge on any atom is -0.491 e. The molecule has 6 nitrogen and oxygen atoms in total. The number of halogens is 1. The molecule has 1 aliphatic heterocycles. The van der Waals surface area contributed by atoms with Crippen molar-refractivity contribution in [2.45, 2.75) is 30.7 Å². The number of sulfonamides is 1. The average molecular weight is 379 g/mol. The molecule has 0 spiro atoms. The van der Waals surface area contributed by atoms with Crippen LogP contribution in [0.5, 0.6) is 5.75 Å². The molecule has 0 amide bonds. The summed E-state index contributed by atoms with van der Waals surface area (Å²) in [5.41, 5.74) is 5.94. The summed E-state index contributed by atoms with van der Waals surface area (Å²) in [6, 6.07) is 6.54. The van der Waals surface area contributed by atoms with Gasteiger partial charge in [0, 0.05) is 26.2 Å². The number of nitrogens with two attached hydrogens (primary N) is 1. The fourth-order valence-corrected chi connectivity index (χ4v) is 4.26. The van der Waals surface area contributed by atoms with Crippen molar-refractivity contribution in [2.75, 3.05) is 33.4 Å². The maximum atomic E-state index is 12.8. The van der Waals surface area contributed by atoms with E-state index < -0.39 is 10.0 Å². The van der Waals surface area contributed by atoms with Crippen LogP contribution in [0.15, 0.2) is 29.2 Å². The van der Waals surface area contributed by atoms with E-state index in [-0.39, 0.29) is 24.4 Å². The Morgan fingerprint density at radius 3 is 2.54 bits per heavy atom. The Hall–Kier alpha value is -0.860. The minimum absolute atomic E-state index is 0. The van der Waals surface area contributed by atoms with Gasteiger partial charge in [0.2, 0.25) is 10.0 Å². The number of piperidine rings is 1. The minimum atomic E-state index is -3.47. The molecule has 0 aliphatic carbocycles. The van der Waals surface area contributed by atoms with Crippen LogP contribution in [0.2, 0.25) is 0 Å². The summed E-state index contributed by atoms with van der Waals surface area (Å²) in [5, 5.41) is 0. The summed E-state index contributed by atoms with van der Waals surface area (Å²) in [5.74, 6) is 0.850. The van der Waals surface area contributed by atoms with E-state index >= 15 is 0 Å². The maximum absolute atomic E-state index is 12.8. The molecular formula is C16H27ClN2O4S. The van der Waals surface area contributed by atoms with Crippen molar-refractivity contribution < 1.29 is 17.9 Å². The molecule has 8 heteroatoms. The lowest BCUT2D eigenvalue weighted by Gasteiger charge is -2.33. The van der Waals surface area contributed by atoms with Crippen LogP contribution in [-0.2, 0) is 14.8 Å². The quantitative estimate of drug-likeness (QED) is 0.732. The Kier molecular flexibility index (Phi) is 8.45. The summed E-state index contributed by atoms with van der Waals surface area (Å²) < 4.78 is 37.4. The first kappa shape index (κ1) is 21.2. The molecular weight excluding hydrogens is 352 g/mol. The van der Waals surface area contributed by atoms with E-state index in [1.807, 2.05) is 6.92 Å². The first-order valence-corrected chi connectivity index (χ1v) is 9.36. The van der Waals surface area contributed by atoms with Gasteiger partial charge in [0.05, 0.1) is 11.5 Å². The second-order valence-corrected chi connectivity index (χ2v) is 7.88. The smallest absolute Gasteiger partial charge is 0.243 e. The zero-order valence-electron chi connectivity index (χ0n) is 14.2. The van der Waals surface area contributed by atoms with Gasteiger partial charge in [0.25, 0.3) is 0 Å². The van der Waals surface area contributed by atoms with E-state index in [0.29, 0.717) is 36.9 Å². The van der Waals surface area contributed by atoms with Gasteiger partial charge in [-0.25, -0.2) is 8.42 Å². The second kappa shape index (κ2) is 9.58. The average Bonchev–Trinajstić information content (AvgIpc) is 2.55. The van der Waals surface area contributed by atoms with Crippen LogP contribution in [0.1, 0.15) is 19.8 Å². The van der Waals surface area contributed by atoms with Crippen molar-refractivity contribution in [1.29, 1.82) is 0 Å². The molecule has 0 saturated carbocycles. The van der Waals surface area contributed by atoms with E-state index in [1.165, 1.54) is 0 Å². The highest BCUT2D eigenvalue weighted by Crippen LogP contribution is 2.26. The molecule has 1 saturated heterocycles. The second-order valence-electron chi connectivity index (χ2n) is 5.94. The van der Waals surface area contributed by atoms with Crippen LogP contribution in [0.25, 0.3) is 0 Å². The van der Waals surface area contributed by atoms with E-state index in [1.54, 1.807) is 35.7 Å². The van der Waals surface area contributed by atoms with Crippen molar-refractivity contribution in [3.63, 3.8) is 0 Å². The number of hydrogen-bond acceptors (Lipinski definition) is 5. The summed E-state index contributed by atoms with van der Waals surface area (Å²) in [7, 11) is -1.87. The first-order valence-electron chi connectivity index (χ1n) is 7.92. The van der Waals surface area contributed by atoms with Crippen LogP contribution < -0.4 is 10.5 Å². The van der Waals surface area contributed by atoms with Gasteiger partial charge in [-0.3, -0.25) is 0 Å². The third-order valence-corrected chi connectivity index (χ3v) is 6.06. The molecule has 2 unspecified atom stereocenters. The predicted octanol–water partition coefficient (Wildman–Crippen LogP) is 1.88. The Morgan fingerprint density at radius 2 is 1.96 bits per heavy atom. The zero-order chi connectivity index (χ0) is 16.9. The van der Waals surface area contributed by atoms with Gasteiger partial charge >= 0.3 is 0 Å². The lowest BCUT2D eigenvalue weighted by molar-refractivity contribution is 0.146. The highest BCUT2D eigenvalue weighted by molar-refractivity contribution is 7.89. The SMILES string of the molecule is COCCOc1ccc(S(=O)(=O)N2CCCC(C(C)N)C2)cc1.Cl. The van der Waals surface area contributed by atoms with Gasteiger partial charge in [-0.15, -0.1) is 12.4 Å². The van der Waals surface area contributed by atoms with Gasteiger partial charge in [-0.1, -0.05) is 0 Å². The number of methoxy groups -OCH3 is 1. The predicted molar refractivity (Wildman–Crippen MR) is 96.2 cm³/mol. The van der Waals surface area contributed by atoms with Gasteiger partial charge in [0.1, 0.15) is 12.4 Å². The first-order chi connectivity index (χ1) is 10.9. The number of hydrogen-bond donors (Lipinski definition) is 1. The molecule has 0 bridgehead atoms. The monoisotopic (exact) mass is 378 g/mol. The third-order valence-electron chi connectivity index (χ3n) is 4.18. The molecule has 0 radical (unpaired) electrons. The number of nitrogens with zero attached hydrogens (tertiary/aromatic N) is 1. The fraction of sp³-hybridized carbons (Fsp3) is 0.625. The number of benzene rings is 1. The van der Waals surface area contributed by atoms with Gasteiger partial charge in [-0.2, -0.15) is 4.31 Å². The van der Waals surface area contributed by atoms with Crippen LogP contribution in [0, 0.1) is 5.92 Å². The van der Waals surface area contributed by atoms with E-state index in [0.717, 1.165) is 12.8 Å². The normalized spacial score (nSPS) is 20.2. The fourth-order valence-electron chi connectivity index (χ4n) is 2.72. The zero-order valence-corrected chi connectivity index (χ0v) is 15.8. The lowest BCUT2D eigenvalue weighted by Crippen LogP contribution is -2.44. The van der Waals surface area contributed by atoms with Crippen LogP contribution in [-0.4, -0.2) is 52.2 Å². The largest absolute Gasteiger partial charge is 0.491 e. The Balaban J connectivity index is 0.00000288. The summed E-state index contributed by atoms with van der Waals surface area (Å²) in [6.45, 7) is 3.91. The molecule has 138 valence electrons. The Morgan fingerprint density at radius 1 is 1.29 bits per heavy atom. The van der Waals surface area contributed by atoms with Crippen molar-refractivity contribution in [1.82, 2.24) is 4.31 Å². The van der Waals surface area contributed by atoms with Crippen molar-refractivity contribution in [3.05, 3.63) is 24.3 Å².